The van der Waals surface area contributed by atoms with Crippen LogP contribution in [0.4, 0.5) is 5.69 Å². The van der Waals surface area contributed by atoms with Crippen molar-refractivity contribution in [3.8, 4) is 11.5 Å². The smallest absolute Gasteiger partial charge is 0.173 e. The highest BCUT2D eigenvalue weighted by Gasteiger charge is 2.32. The Morgan fingerprint density at radius 1 is 0.806 bits per heavy atom. The van der Waals surface area contributed by atoms with Gasteiger partial charge in [-0.1, -0.05) is 48.5 Å². The van der Waals surface area contributed by atoms with Crippen molar-refractivity contribution >= 4 is 5.69 Å². The topological polar surface area (TPSA) is 68.5 Å². The number of aromatic nitrogens is 4. The first-order valence-corrected chi connectivity index (χ1v) is 12.3. The molecule has 3 aromatic carbocycles. The van der Waals surface area contributed by atoms with Gasteiger partial charge >= 0.3 is 0 Å². The Bertz CT molecular complexity index is 1240. The molecule has 4 aromatic rings. The molecule has 0 amide bonds. The zero-order chi connectivity index (χ0) is 24.7. The molecule has 1 atom stereocenters. The molecule has 0 spiro atoms. The van der Waals surface area contributed by atoms with E-state index in [2.05, 4.69) is 73.9 Å². The van der Waals surface area contributed by atoms with Crippen LogP contribution in [-0.2, 0) is 13.0 Å². The van der Waals surface area contributed by atoms with Crippen molar-refractivity contribution in [1.29, 1.82) is 0 Å². The summed E-state index contributed by atoms with van der Waals surface area (Å²) in [4.78, 5) is 4.87. The van der Waals surface area contributed by atoms with Gasteiger partial charge in [-0.05, 0) is 52.7 Å². The lowest BCUT2D eigenvalue weighted by atomic mass is 10.0. The van der Waals surface area contributed by atoms with Gasteiger partial charge in [-0.2, -0.15) is 0 Å². The zero-order valence-corrected chi connectivity index (χ0v) is 20.8. The van der Waals surface area contributed by atoms with Crippen LogP contribution in [0.5, 0.6) is 11.5 Å². The van der Waals surface area contributed by atoms with E-state index < -0.39 is 0 Å². The highest BCUT2D eigenvalue weighted by atomic mass is 16.5. The van der Waals surface area contributed by atoms with E-state index in [1.54, 1.807) is 14.2 Å². The van der Waals surface area contributed by atoms with Crippen molar-refractivity contribution in [3.63, 3.8) is 0 Å². The van der Waals surface area contributed by atoms with Gasteiger partial charge in [0.05, 0.1) is 14.2 Å². The summed E-state index contributed by atoms with van der Waals surface area (Å²) in [5.74, 6) is 2.56. The Labute approximate surface area is 212 Å². The van der Waals surface area contributed by atoms with E-state index in [9.17, 15) is 0 Å². The molecular formula is C28H32N6O2. The number of aryl methyl sites for hydroxylation is 2. The number of ether oxygens (including phenoxy) is 2. The first-order valence-electron chi connectivity index (χ1n) is 12.3. The quantitative estimate of drug-likeness (QED) is 0.358. The second kappa shape index (κ2) is 11.2. The monoisotopic (exact) mass is 484 g/mol. The van der Waals surface area contributed by atoms with Gasteiger partial charge in [-0.15, -0.1) is 5.10 Å². The minimum atomic E-state index is -0.107. The van der Waals surface area contributed by atoms with Gasteiger partial charge in [0.1, 0.15) is 17.5 Å². The average Bonchev–Trinajstić information content (AvgIpc) is 3.41. The fraction of sp³-hybridized carbons (Fsp3) is 0.321. The van der Waals surface area contributed by atoms with Crippen LogP contribution in [-0.4, -0.2) is 65.5 Å². The van der Waals surface area contributed by atoms with Crippen LogP contribution in [0, 0.1) is 0 Å². The molecule has 36 heavy (non-hydrogen) atoms. The number of tetrazole rings is 1. The van der Waals surface area contributed by atoms with E-state index in [4.69, 9.17) is 9.47 Å². The standard InChI is InChI=1S/C28H32N6O2/c1-35-24-14-12-23(13-15-24)32-18-20-33(21-19-32)27(25-10-6-7-11-26(25)36-2)28-29-30-31-34(28)17-16-22-8-4-3-5-9-22/h3-15,27H,16-21H2,1-2H3. The maximum absolute atomic E-state index is 5.77. The van der Waals surface area contributed by atoms with Crippen molar-refractivity contribution in [2.45, 2.75) is 19.0 Å². The molecule has 1 fully saturated rings. The maximum atomic E-state index is 5.77. The van der Waals surface area contributed by atoms with E-state index >= 15 is 0 Å². The molecule has 1 saturated heterocycles. The van der Waals surface area contributed by atoms with Gasteiger partial charge in [0.2, 0.25) is 0 Å². The van der Waals surface area contributed by atoms with Gasteiger partial charge in [0.25, 0.3) is 0 Å². The summed E-state index contributed by atoms with van der Waals surface area (Å²) in [6.45, 7) is 4.28. The van der Waals surface area contributed by atoms with E-state index in [0.29, 0.717) is 6.54 Å². The maximum Gasteiger partial charge on any atom is 0.173 e. The number of hydrogen-bond donors (Lipinski definition) is 0. The Balaban J connectivity index is 1.39. The third kappa shape index (κ3) is 5.18. The molecule has 0 bridgehead atoms. The molecule has 186 valence electrons. The van der Waals surface area contributed by atoms with Crippen LogP contribution in [0.2, 0.25) is 0 Å². The molecule has 1 aliphatic rings. The fourth-order valence-corrected chi connectivity index (χ4v) is 4.87. The highest BCUT2D eigenvalue weighted by Crippen LogP contribution is 2.34. The minimum Gasteiger partial charge on any atom is -0.497 e. The minimum absolute atomic E-state index is 0.107. The third-order valence-corrected chi connectivity index (χ3v) is 6.81. The van der Waals surface area contributed by atoms with E-state index in [0.717, 1.165) is 55.5 Å². The summed E-state index contributed by atoms with van der Waals surface area (Å²) in [6.07, 6.45) is 0.864. The highest BCUT2D eigenvalue weighted by molar-refractivity contribution is 5.49. The Hall–Kier alpha value is -3.91. The van der Waals surface area contributed by atoms with Gasteiger partial charge in [0.15, 0.2) is 5.82 Å². The lowest BCUT2D eigenvalue weighted by Crippen LogP contribution is -2.48. The Morgan fingerprint density at radius 3 is 2.25 bits per heavy atom. The van der Waals surface area contributed by atoms with Crippen LogP contribution >= 0.6 is 0 Å². The molecule has 1 aromatic heterocycles. The Kier molecular flexibility index (Phi) is 7.42. The molecule has 1 aliphatic heterocycles. The molecule has 1 unspecified atom stereocenters. The predicted molar refractivity (Wildman–Crippen MR) is 140 cm³/mol. The van der Waals surface area contributed by atoms with Crippen molar-refractivity contribution in [2.75, 3.05) is 45.3 Å². The zero-order valence-electron chi connectivity index (χ0n) is 20.8. The van der Waals surface area contributed by atoms with Crippen molar-refractivity contribution in [1.82, 2.24) is 25.1 Å². The van der Waals surface area contributed by atoms with Gasteiger partial charge < -0.3 is 14.4 Å². The summed E-state index contributed by atoms with van der Waals surface area (Å²) in [5, 5.41) is 13.0. The third-order valence-electron chi connectivity index (χ3n) is 6.81. The molecule has 0 radical (unpaired) electrons. The number of nitrogens with zero attached hydrogens (tertiary/aromatic N) is 6. The molecule has 2 heterocycles. The summed E-state index contributed by atoms with van der Waals surface area (Å²) < 4.78 is 13.0. The van der Waals surface area contributed by atoms with Crippen LogP contribution in [0.25, 0.3) is 0 Å². The van der Waals surface area contributed by atoms with Crippen LogP contribution in [0.3, 0.4) is 0 Å². The molecule has 8 nitrogen and oxygen atoms in total. The van der Waals surface area contributed by atoms with Crippen molar-refractivity contribution in [2.24, 2.45) is 0 Å². The number of hydrogen-bond acceptors (Lipinski definition) is 7. The average molecular weight is 485 g/mol. The van der Waals surface area contributed by atoms with Crippen molar-refractivity contribution < 1.29 is 9.47 Å². The largest absolute Gasteiger partial charge is 0.497 e. The van der Waals surface area contributed by atoms with E-state index in [1.807, 2.05) is 35.0 Å². The second-order valence-electron chi connectivity index (χ2n) is 8.86. The molecule has 0 N–H and O–H groups in total. The van der Waals surface area contributed by atoms with Crippen molar-refractivity contribution in [3.05, 3.63) is 95.8 Å². The summed E-state index contributed by atoms with van der Waals surface area (Å²) >= 11 is 0. The Morgan fingerprint density at radius 2 is 1.53 bits per heavy atom. The first kappa shape index (κ1) is 23.8. The molecule has 5 rings (SSSR count). The first-order chi connectivity index (χ1) is 17.8. The van der Waals surface area contributed by atoms with E-state index in [-0.39, 0.29) is 6.04 Å². The molecular weight excluding hydrogens is 452 g/mol. The number of piperazine rings is 1. The summed E-state index contributed by atoms with van der Waals surface area (Å²) in [6, 6.07) is 26.8. The number of para-hydroxylation sites is 1. The van der Waals surface area contributed by atoms with Crippen LogP contribution in [0.15, 0.2) is 78.9 Å². The van der Waals surface area contributed by atoms with Gasteiger partial charge in [0, 0.05) is 44.0 Å². The van der Waals surface area contributed by atoms with E-state index in [1.165, 1.54) is 11.3 Å². The SMILES string of the molecule is COc1ccc(N2CCN(C(c3ccccc3OC)c3nnnn3CCc3ccccc3)CC2)cc1. The lowest BCUT2D eigenvalue weighted by molar-refractivity contribution is 0.197. The van der Waals surface area contributed by atoms with Gasteiger partial charge in [-0.3, -0.25) is 4.90 Å². The lowest BCUT2D eigenvalue weighted by Gasteiger charge is -2.40. The predicted octanol–water partition coefficient (Wildman–Crippen LogP) is 3.84. The number of methoxy groups -OCH3 is 2. The van der Waals surface area contributed by atoms with Gasteiger partial charge in [-0.25, -0.2) is 4.68 Å². The molecule has 0 aliphatic carbocycles. The summed E-state index contributed by atoms with van der Waals surface area (Å²) in [5.41, 5.74) is 3.55. The normalized spacial score (nSPS) is 15.0. The molecule has 8 heteroatoms. The van der Waals surface area contributed by atoms with Crippen LogP contribution < -0.4 is 14.4 Å². The number of anilines is 1. The fourth-order valence-electron chi connectivity index (χ4n) is 4.87. The number of rotatable bonds is 9. The number of benzene rings is 3. The second-order valence-corrected chi connectivity index (χ2v) is 8.86. The van der Waals surface area contributed by atoms with Crippen LogP contribution in [0.1, 0.15) is 23.0 Å². The molecule has 0 saturated carbocycles. The summed E-state index contributed by atoms with van der Waals surface area (Å²) in [7, 11) is 3.41.